The number of aryl methyl sites for hydroxylation is 1. The molecule has 0 unspecified atom stereocenters. The van der Waals surface area contributed by atoms with Crippen LogP contribution < -0.4 is 5.43 Å². The number of aromatic nitrogens is 1. The Morgan fingerprint density at radius 2 is 1.91 bits per heavy atom. The second kappa shape index (κ2) is 6.58. The maximum atomic E-state index is 12.4. The fraction of sp³-hybridized carbons (Fsp3) is 0.0556. The maximum Gasteiger partial charge on any atom is 0.272 e. The first-order valence-electron chi connectivity index (χ1n) is 7.09. The van der Waals surface area contributed by atoms with Crippen molar-refractivity contribution < 1.29 is 4.79 Å². The number of para-hydroxylation sites is 1. The van der Waals surface area contributed by atoms with Crippen molar-refractivity contribution in [3.63, 3.8) is 0 Å². The Kier molecular flexibility index (Phi) is 4.35. The third-order valence-electron chi connectivity index (χ3n) is 3.34. The Labute approximate surface area is 138 Å². The van der Waals surface area contributed by atoms with Crippen LogP contribution in [0.4, 0.5) is 0 Å². The highest BCUT2D eigenvalue weighted by Gasteiger charge is 2.10. The highest BCUT2D eigenvalue weighted by Crippen LogP contribution is 2.18. The molecule has 0 spiro atoms. The number of hydrogen-bond donors (Lipinski definition) is 1. The van der Waals surface area contributed by atoms with Gasteiger partial charge in [-0.3, -0.25) is 9.78 Å². The maximum absolute atomic E-state index is 12.4. The van der Waals surface area contributed by atoms with E-state index in [9.17, 15) is 4.79 Å². The highest BCUT2D eigenvalue weighted by atomic mass is 35.5. The molecule has 0 aliphatic carbocycles. The molecule has 1 amide bonds. The van der Waals surface area contributed by atoms with Gasteiger partial charge in [0.2, 0.25) is 0 Å². The molecule has 5 heteroatoms. The molecule has 1 heterocycles. The van der Waals surface area contributed by atoms with E-state index in [1.807, 2.05) is 43.3 Å². The summed E-state index contributed by atoms with van der Waals surface area (Å²) in [6.07, 6.45) is 1.57. The molecule has 0 bridgehead atoms. The van der Waals surface area contributed by atoms with Gasteiger partial charge in [-0.15, -0.1) is 0 Å². The Morgan fingerprint density at radius 3 is 2.70 bits per heavy atom. The van der Waals surface area contributed by atoms with Gasteiger partial charge >= 0.3 is 0 Å². The summed E-state index contributed by atoms with van der Waals surface area (Å²) in [6, 6.07) is 16.5. The van der Waals surface area contributed by atoms with E-state index < -0.39 is 0 Å². The summed E-state index contributed by atoms with van der Waals surface area (Å²) in [5, 5.41) is 5.46. The minimum absolute atomic E-state index is 0.267. The van der Waals surface area contributed by atoms with Gasteiger partial charge in [0.05, 0.1) is 17.3 Å². The van der Waals surface area contributed by atoms with Crippen LogP contribution in [0, 0.1) is 6.92 Å². The minimum Gasteiger partial charge on any atom is -0.267 e. The second-order valence-electron chi connectivity index (χ2n) is 5.08. The molecular formula is C18H14ClN3O. The number of nitrogens with one attached hydrogen (secondary N) is 1. The number of rotatable bonds is 3. The van der Waals surface area contributed by atoms with Crippen molar-refractivity contribution in [2.24, 2.45) is 5.10 Å². The fourth-order valence-corrected chi connectivity index (χ4v) is 2.40. The van der Waals surface area contributed by atoms with Crippen LogP contribution in [0.2, 0.25) is 5.02 Å². The lowest BCUT2D eigenvalue weighted by molar-refractivity contribution is 0.0956. The fourth-order valence-electron chi connectivity index (χ4n) is 2.27. The highest BCUT2D eigenvalue weighted by molar-refractivity contribution is 6.30. The van der Waals surface area contributed by atoms with Crippen molar-refractivity contribution in [3.05, 3.63) is 76.4 Å². The predicted molar refractivity (Wildman–Crippen MR) is 93.0 cm³/mol. The second-order valence-corrected chi connectivity index (χ2v) is 5.52. The number of hydrogen-bond acceptors (Lipinski definition) is 3. The van der Waals surface area contributed by atoms with Crippen LogP contribution in [-0.2, 0) is 0 Å². The monoisotopic (exact) mass is 323 g/mol. The molecular weight excluding hydrogens is 310 g/mol. The van der Waals surface area contributed by atoms with Crippen molar-refractivity contribution in [2.75, 3.05) is 0 Å². The van der Waals surface area contributed by atoms with E-state index in [-0.39, 0.29) is 5.91 Å². The average molecular weight is 324 g/mol. The molecule has 1 N–H and O–H groups in total. The molecule has 4 nitrogen and oxygen atoms in total. The SMILES string of the molecule is Cc1cc(C(=O)NN=Cc2ccc(Cl)cc2)c2ccccc2n1. The zero-order valence-electron chi connectivity index (χ0n) is 12.5. The number of carbonyl (C=O) groups is 1. The largest absolute Gasteiger partial charge is 0.272 e. The summed E-state index contributed by atoms with van der Waals surface area (Å²) in [5.74, 6) is -0.267. The Morgan fingerprint density at radius 1 is 1.17 bits per heavy atom. The van der Waals surface area contributed by atoms with Gasteiger partial charge in [0.25, 0.3) is 5.91 Å². The van der Waals surface area contributed by atoms with Gasteiger partial charge in [0, 0.05) is 16.1 Å². The molecule has 3 aromatic rings. The van der Waals surface area contributed by atoms with Gasteiger partial charge in [-0.1, -0.05) is 41.9 Å². The van der Waals surface area contributed by atoms with E-state index in [1.54, 1.807) is 24.4 Å². The number of hydrazone groups is 1. The van der Waals surface area contributed by atoms with Crippen molar-refractivity contribution in [2.45, 2.75) is 6.92 Å². The van der Waals surface area contributed by atoms with Gasteiger partial charge in [-0.2, -0.15) is 5.10 Å². The van der Waals surface area contributed by atoms with Gasteiger partial charge in [-0.25, -0.2) is 5.43 Å². The number of pyridine rings is 1. The molecule has 3 rings (SSSR count). The zero-order valence-corrected chi connectivity index (χ0v) is 13.2. The first-order chi connectivity index (χ1) is 11.1. The smallest absolute Gasteiger partial charge is 0.267 e. The van der Waals surface area contributed by atoms with E-state index in [0.717, 1.165) is 22.2 Å². The van der Waals surface area contributed by atoms with E-state index in [2.05, 4.69) is 15.5 Å². The van der Waals surface area contributed by atoms with Crippen LogP contribution in [0.5, 0.6) is 0 Å². The van der Waals surface area contributed by atoms with E-state index in [0.29, 0.717) is 10.6 Å². The summed E-state index contributed by atoms with van der Waals surface area (Å²) >= 11 is 5.83. The number of halogens is 1. The Hall–Kier alpha value is -2.72. The molecule has 0 radical (unpaired) electrons. The minimum atomic E-state index is -0.267. The van der Waals surface area contributed by atoms with Crippen LogP contribution in [0.1, 0.15) is 21.6 Å². The molecule has 0 saturated heterocycles. The average Bonchev–Trinajstić information content (AvgIpc) is 2.55. The summed E-state index contributed by atoms with van der Waals surface area (Å²) in [6.45, 7) is 1.86. The first kappa shape index (κ1) is 15.2. The van der Waals surface area contributed by atoms with Gasteiger partial charge in [0.1, 0.15) is 0 Å². The van der Waals surface area contributed by atoms with Gasteiger partial charge < -0.3 is 0 Å². The van der Waals surface area contributed by atoms with Crippen LogP contribution in [0.15, 0.2) is 59.7 Å². The zero-order chi connectivity index (χ0) is 16.2. The lowest BCUT2D eigenvalue weighted by Gasteiger charge is -2.06. The molecule has 0 aliphatic rings. The van der Waals surface area contributed by atoms with E-state index in [1.165, 1.54) is 0 Å². The van der Waals surface area contributed by atoms with Crippen LogP contribution in [0.3, 0.4) is 0 Å². The van der Waals surface area contributed by atoms with Crippen molar-refractivity contribution in [3.8, 4) is 0 Å². The van der Waals surface area contributed by atoms with Crippen molar-refractivity contribution >= 4 is 34.6 Å². The normalized spacial score (nSPS) is 11.0. The molecule has 0 aliphatic heterocycles. The van der Waals surface area contributed by atoms with E-state index >= 15 is 0 Å². The number of carbonyl (C=O) groups excluding carboxylic acids is 1. The number of fused-ring (bicyclic) bond motifs is 1. The van der Waals surface area contributed by atoms with Crippen LogP contribution in [-0.4, -0.2) is 17.1 Å². The topological polar surface area (TPSA) is 54.4 Å². The molecule has 114 valence electrons. The predicted octanol–water partition coefficient (Wildman–Crippen LogP) is 3.96. The molecule has 0 saturated carbocycles. The summed E-state index contributed by atoms with van der Waals surface area (Å²) in [4.78, 5) is 16.8. The summed E-state index contributed by atoms with van der Waals surface area (Å²) < 4.78 is 0. The molecule has 0 fully saturated rings. The van der Waals surface area contributed by atoms with Gasteiger partial charge in [0.15, 0.2) is 0 Å². The number of amides is 1. The number of benzene rings is 2. The van der Waals surface area contributed by atoms with Gasteiger partial charge in [-0.05, 0) is 36.8 Å². The lowest BCUT2D eigenvalue weighted by Crippen LogP contribution is -2.18. The van der Waals surface area contributed by atoms with Crippen molar-refractivity contribution in [1.29, 1.82) is 0 Å². The van der Waals surface area contributed by atoms with Crippen LogP contribution in [0.25, 0.3) is 10.9 Å². The summed E-state index contributed by atoms with van der Waals surface area (Å²) in [7, 11) is 0. The third kappa shape index (κ3) is 3.55. The molecule has 23 heavy (non-hydrogen) atoms. The first-order valence-corrected chi connectivity index (χ1v) is 7.46. The van der Waals surface area contributed by atoms with Crippen molar-refractivity contribution in [1.82, 2.24) is 10.4 Å². The standard InChI is InChI=1S/C18H14ClN3O/c1-12-10-16(15-4-2-3-5-17(15)21-12)18(23)22-20-11-13-6-8-14(19)9-7-13/h2-11H,1H3,(H,22,23). The van der Waals surface area contributed by atoms with E-state index in [4.69, 9.17) is 11.6 Å². The Bertz CT molecular complexity index is 888. The van der Waals surface area contributed by atoms with Crippen LogP contribution >= 0.6 is 11.6 Å². The molecule has 0 atom stereocenters. The summed E-state index contributed by atoms with van der Waals surface area (Å²) in [5.41, 5.74) is 5.54. The third-order valence-corrected chi connectivity index (χ3v) is 3.59. The lowest BCUT2D eigenvalue weighted by atomic mass is 10.1. The Balaban J connectivity index is 1.82. The molecule has 1 aromatic heterocycles. The quantitative estimate of drug-likeness (QED) is 0.586. The number of nitrogens with zero attached hydrogens (tertiary/aromatic N) is 2. The molecule has 2 aromatic carbocycles.